The zero-order chi connectivity index (χ0) is 15.7. The third kappa shape index (κ3) is 5.69. The Balaban J connectivity index is 2.29. The molecule has 0 saturated heterocycles. The summed E-state index contributed by atoms with van der Waals surface area (Å²) in [5.74, 6) is 0.0733. The summed E-state index contributed by atoms with van der Waals surface area (Å²) in [5.41, 5.74) is 6.40. The molecule has 1 aliphatic rings. The maximum Gasteiger partial charge on any atom is 0.305 e. The summed E-state index contributed by atoms with van der Waals surface area (Å²) < 4.78 is 4.58. The molecule has 0 heterocycles. The molecule has 1 saturated carbocycles. The smallest absolute Gasteiger partial charge is 0.305 e. The number of allylic oxidation sites excluding steroid dienone is 2. The average molecular weight is 295 g/mol. The Morgan fingerprint density at radius 1 is 1.33 bits per heavy atom. The zero-order valence-electron chi connectivity index (χ0n) is 12.7. The highest BCUT2D eigenvalue weighted by Gasteiger charge is 2.35. The first kappa shape index (κ1) is 17.4. The quantitative estimate of drug-likeness (QED) is 0.305. The minimum Gasteiger partial charge on any atom is -0.469 e. The second-order valence-corrected chi connectivity index (χ2v) is 5.55. The predicted octanol–water partition coefficient (Wildman–Crippen LogP) is 2.14. The summed E-state index contributed by atoms with van der Waals surface area (Å²) in [4.78, 5) is 33.4. The number of carbonyl (C=O) groups is 3. The van der Waals surface area contributed by atoms with Gasteiger partial charge in [0.2, 0.25) is 0 Å². The molecule has 5 heteroatoms. The largest absolute Gasteiger partial charge is 0.469 e. The number of nitrogens with two attached hydrogens (primary N) is 1. The third-order valence-electron chi connectivity index (χ3n) is 4.16. The van der Waals surface area contributed by atoms with Crippen LogP contribution in [0.1, 0.15) is 51.4 Å². The first-order valence-corrected chi connectivity index (χ1v) is 7.60. The number of aldehydes is 1. The van der Waals surface area contributed by atoms with Crippen molar-refractivity contribution in [3.63, 3.8) is 0 Å². The number of esters is 1. The van der Waals surface area contributed by atoms with Crippen LogP contribution in [0.15, 0.2) is 11.8 Å². The van der Waals surface area contributed by atoms with Gasteiger partial charge >= 0.3 is 5.97 Å². The van der Waals surface area contributed by atoms with Crippen LogP contribution in [0.3, 0.4) is 0 Å². The highest BCUT2D eigenvalue weighted by molar-refractivity contribution is 5.84. The van der Waals surface area contributed by atoms with Gasteiger partial charge in [-0.05, 0) is 25.3 Å². The first-order valence-electron chi connectivity index (χ1n) is 7.60. The SMILES string of the molecule is COC(=O)CCCCCC[C@H]1C(=O)CC[C@@H]1/C(N)=C/C=O. The minimum atomic E-state index is -0.173. The van der Waals surface area contributed by atoms with Crippen LogP contribution in [-0.2, 0) is 19.1 Å². The number of rotatable bonds is 9. The number of ether oxygens (including phenoxy) is 1. The van der Waals surface area contributed by atoms with Crippen molar-refractivity contribution in [1.29, 1.82) is 0 Å². The van der Waals surface area contributed by atoms with Crippen molar-refractivity contribution in [1.82, 2.24) is 0 Å². The van der Waals surface area contributed by atoms with Crippen LogP contribution in [0.5, 0.6) is 0 Å². The normalized spacial score (nSPS) is 22.3. The van der Waals surface area contributed by atoms with Gasteiger partial charge in [-0.2, -0.15) is 0 Å². The lowest BCUT2D eigenvalue weighted by atomic mass is 9.87. The molecule has 1 aliphatic carbocycles. The van der Waals surface area contributed by atoms with Crippen molar-refractivity contribution in [2.75, 3.05) is 7.11 Å². The highest BCUT2D eigenvalue weighted by Crippen LogP contribution is 2.35. The van der Waals surface area contributed by atoms with Crippen molar-refractivity contribution in [3.8, 4) is 0 Å². The van der Waals surface area contributed by atoms with E-state index in [4.69, 9.17) is 5.73 Å². The Kier molecular flexibility index (Phi) is 7.72. The van der Waals surface area contributed by atoms with Crippen LogP contribution in [0, 0.1) is 11.8 Å². The molecule has 0 aliphatic heterocycles. The van der Waals surface area contributed by atoms with Gasteiger partial charge in [-0.15, -0.1) is 0 Å². The second-order valence-electron chi connectivity index (χ2n) is 5.55. The number of hydrogen-bond acceptors (Lipinski definition) is 5. The van der Waals surface area contributed by atoms with Crippen LogP contribution < -0.4 is 5.73 Å². The summed E-state index contributed by atoms with van der Waals surface area (Å²) in [6, 6.07) is 0. The lowest BCUT2D eigenvalue weighted by Crippen LogP contribution is -2.20. The van der Waals surface area contributed by atoms with Crippen molar-refractivity contribution in [3.05, 3.63) is 11.8 Å². The number of unbranched alkanes of at least 4 members (excludes halogenated alkanes) is 3. The lowest BCUT2D eigenvalue weighted by molar-refractivity contribution is -0.140. The average Bonchev–Trinajstić information content (AvgIpc) is 2.84. The monoisotopic (exact) mass is 295 g/mol. The number of hydrogen-bond donors (Lipinski definition) is 1. The van der Waals surface area contributed by atoms with Gasteiger partial charge in [0.05, 0.1) is 7.11 Å². The molecule has 5 nitrogen and oxygen atoms in total. The molecule has 0 aromatic heterocycles. The van der Waals surface area contributed by atoms with Crippen molar-refractivity contribution >= 4 is 18.0 Å². The molecular weight excluding hydrogens is 270 g/mol. The Labute approximate surface area is 125 Å². The Morgan fingerprint density at radius 3 is 2.71 bits per heavy atom. The van der Waals surface area contributed by atoms with E-state index in [1.165, 1.54) is 13.2 Å². The zero-order valence-corrected chi connectivity index (χ0v) is 12.7. The molecule has 0 radical (unpaired) electrons. The van der Waals surface area contributed by atoms with Gasteiger partial charge in [0.1, 0.15) is 12.1 Å². The summed E-state index contributed by atoms with van der Waals surface area (Å²) in [6.07, 6.45) is 8.35. The number of methoxy groups -OCH3 is 1. The van der Waals surface area contributed by atoms with Crippen LogP contribution in [0.2, 0.25) is 0 Å². The summed E-state index contributed by atoms with van der Waals surface area (Å²) >= 11 is 0. The molecule has 0 aromatic carbocycles. The molecule has 0 spiro atoms. The Morgan fingerprint density at radius 2 is 2.05 bits per heavy atom. The topological polar surface area (TPSA) is 86.5 Å². The van der Waals surface area contributed by atoms with E-state index in [0.717, 1.165) is 38.5 Å². The summed E-state index contributed by atoms with van der Waals surface area (Å²) in [6.45, 7) is 0. The van der Waals surface area contributed by atoms with Crippen molar-refractivity contribution < 1.29 is 19.1 Å². The van der Waals surface area contributed by atoms with Crippen LogP contribution >= 0.6 is 0 Å². The van der Waals surface area contributed by atoms with E-state index in [1.807, 2.05) is 0 Å². The maximum absolute atomic E-state index is 11.9. The number of carbonyl (C=O) groups excluding carboxylic acids is 3. The fraction of sp³-hybridized carbons (Fsp3) is 0.688. The Hall–Kier alpha value is -1.65. The number of ketones is 1. The van der Waals surface area contributed by atoms with Crippen LogP contribution in [-0.4, -0.2) is 25.1 Å². The van der Waals surface area contributed by atoms with Crippen molar-refractivity contribution in [2.45, 2.75) is 51.4 Å². The van der Waals surface area contributed by atoms with E-state index < -0.39 is 0 Å². The van der Waals surface area contributed by atoms with E-state index >= 15 is 0 Å². The van der Waals surface area contributed by atoms with E-state index in [2.05, 4.69) is 4.74 Å². The predicted molar refractivity (Wildman–Crippen MR) is 79.3 cm³/mol. The van der Waals surface area contributed by atoms with Crippen LogP contribution in [0.25, 0.3) is 0 Å². The first-order chi connectivity index (χ1) is 10.1. The van der Waals surface area contributed by atoms with E-state index in [0.29, 0.717) is 24.8 Å². The molecule has 2 N–H and O–H groups in total. The summed E-state index contributed by atoms with van der Waals surface area (Å²) in [5, 5.41) is 0. The molecule has 1 fully saturated rings. The van der Waals surface area contributed by atoms with Gasteiger partial charge in [0, 0.05) is 30.4 Å². The molecule has 1 rings (SSSR count). The fourth-order valence-corrected chi connectivity index (χ4v) is 2.96. The minimum absolute atomic E-state index is 0.0257. The van der Waals surface area contributed by atoms with Crippen molar-refractivity contribution in [2.24, 2.45) is 17.6 Å². The standard InChI is InChI=1S/C16H25NO4/c1-21-16(20)7-5-3-2-4-6-13-12(8-9-15(13)19)14(17)10-11-18/h10-13H,2-9,17H2,1H3/b14-10-/t12-,13+/m0/s1. The third-order valence-corrected chi connectivity index (χ3v) is 4.16. The summed E-state index contributed by atoms with van der Waals surface area (Å²) in [7, 11) is 1.39. The van der Waals surface area contributed by atoms with E-state index in [-0.39, 0.29) is 23.6 Å². The maximum atomic E-state index is 11.9. The molecule has 118 valence electrons. The second kappa shape index (κ2) is 9.32. The Bertz CT molecular complexity index is 403. The lowest BCUT2D eigenvalue weighted by Gasteiger charge is -2.18. The molecule has 0 unspecified atom stereocenters. The fourth-order valence-electron chi connectivity index (χ4n) is 2.96. The molecule has 0 aromatic rings. The van der Waals surface area contributed by atoms with Gasteiger partial charge in [-0.3, -0.25) is 14.4 Å². The highest BCUT2D eigenvalue weighted by atomic mass is 16.5. The molecule has 0 amide bonds. The van der Waals surface area contributed by atoms with Gasteiger partial charge in [0.15, 0.2) is 0 Å². The number of Topliss-reactive ketones (excluding diaryl/α,β-unsaturated/α-hetero) is 1. The molecule has 21 heavy (non-hydrogen) atoms. The van der Waals surface area contributed by atoms with Crippen LogP contribution in [0.4, 0.5) is 0 Å². The molecule has 0 bridgehead atoms. The van der Waals surface area contributed by atoms with Gasteiger partial charge in [0.25, 0.3) is 0 Å². The van der Waals surface area contributed by atoms with E-state index in [9.17, 15) is 14.4 Å². The molecular formula is C16H25NO4. The van der Waals surface area contributed by atoms with E-state index in [1.54, 1.807) is 0 Å². The molecule has 2 atom stereocenters. The van der Waals surface area contributed by atoms with Gasteiger partial charge in [-0.25, -0.2) is 0 Å². The van der Waals surface area contributed by atoms with Gasteiger partial charge in [-0.1, -0.05) is 19.3 Å². The van der Waals surface area contributed by atoms with Gasteiger partial charge < -0.3 is 10.5 Å².